The summed E-state index contributed by atoms with van der Waals surface area (Å²) in [6.07, 6.45) is 6.84. The molecule has 0 aromatic carbocycles. The molecule has 1 aliphatic carbocycles. The Morgan fingerprint density at radius 2 is 2.12 bits per heavy atom. The normalized spacial score (nSPS) is 17.2. The van der Waals surface area contributed by atoms with E-state index < -0.39 is 0 Å². The third-order valence-electron chi connectivity index (χ3n) is 3.39. The molecule has 2 aromatic rings. The molecule has 3 rings (SSSR count). The van der Waals surface area contributed by atoms with Crippen molar-refractivity contribution in [1.29, 1.82) is 0 Å². The molecule has 0 atom stereocenters. The molecule has 0 N–H and O–H groups in total. The van der Waals surface area contributed by atoms with Crippen LogP contribution in [0.5, 0.6) is 0 Å². The van der Waals surface area contributed by atoms with E-state index >= 15 is 0 Å². The summed E-state index contributed by atoms with van der Waals surface area (Å²) in [5.74, 6) is 0.641. The highest BCUT2D eigenvalue weighted by atomic mass is 16.2. The topological polar surface area (TPSA) is 39.3 Å². The monoisotopic (exact) mass is 217 g/mol. The lowest BCUT2D eigenvalue weighted by Crippen LogP contribution is -2.23. The molecule has 4 heteroatoms. The molecule has 0 amide bonds. The van der Waals surface area contributed by atoms with Crippen LogP contribution in [0.2, 0.25) is 0 Å². The van der Waals surface area contributed by atoms with Gasteiger partial charge in [-0.1, -0.05) is 18.9 Å². The van der Waals surface area contributed by atoms with Crippen LogP contribution < -0.4 is 5.69 Å². The predicted molar refractivity (Wildman–Crippen MR) is 61.4 cm³/mol. The van der Waals surface area contributed by atoms with E-state index in [1.54, 1.807) is 15.3 Å². The van der Waals surface area contributed by atoms with Crippen LogP contribution in [-0.4, -0.2) is 14.2 Å². The minimum atomic E-state index is -0.0116. The number of rotatable bonds is 2. The van der Waals surface area contributed by atoms with Crippen molar-refractivity contribution >= 4 is 5.65 Å². The summed E-state index contributed by atoms with van der Waals surface area (Å²) in [5, 5.41) is 4.34. The van der Waals surface area contributed by atoms with E-state index in [9.17, 15) is 4.79 Å². The maximum absolute atomic E-state index is 12.0. The van der Waals surface area contributed by atoms with Crippen molar-refractivity contribution in [2.75, 3.05) is 0 Å². The molecule has 0 aliphatic heterocycles. The van der Waals surface area contributed by atoms with Gasteiger partial charge in [-0.25, -0.2) is 9.48 Å². The molecule has 0 saturated heterocycles. The summed E-state index contributed by atoms with van der Waals surface area (Å²) in [6, 6.07) is 5.63. The van der Waals surface area contributed by atoms with Crippen LogP contribution in [0.4, 0.5) is 0 Å². The third kappa shape index (κ3) is 1.54. The lowest BCUT2D eigenvalue weighted by atomic mass is 10.1. The van der Waals surface area contributed by atoms with Crippen molar-refractivity contribution < 1.29 is 0 Å². The first kappa shape index (κ1) is 9.63. The lowest BCUT2D eigenvalue weighted by Gasteiger charge is -2.06. The first-order valence-corrected chi connectivity index (χ1v) is 5.89. The summed E-state index contributed by atoms with van der Waals surface area (Å²) in [5.41, 5.74) is 0.730. The quantitative estimate of drug-likeness (QED) is 0.767. The maximum atomic E-state index is 12.0. The van der Waals surface area contributed by atoms with Crippen LogP contribution >= 0.6 is 0 Å². The number of pyridine rings is 1. The molecule has 2 heterocycles. The van der Waals surface area contributed by atoms with Crippen LogP contribution in [0.15, 0.2) is 29.2 Å². The van der Waals surface area contributed by atoms with Gasteiger partial charge in [0.1, 0.15) is 0 Å². The van der Waals surface area contributed by atoms with Crippen LogP contribution in [0, 0.1) is 5.92 Å². The van der Waals surface area contributed by atoms with Crippen molar-refractivity contribution in [1.82, 2.24) is 14.2 Å². The van der Waals surface area contributed by atoms with E-state index in [1.807, 2.05) is 18.2 Å². The van der Waals surface area contributed by atoms with Gasteiger partial charge in [-0.15, -0.1) is 5.10 Å². The summed E-state index contributed by atoms with van der Waals surface area (Å²) in [4.78, 5) is 12.0. The van der Waals surface area contributed by atoms with Gasteiger partial charge in [0, 0.05) is 12.7 Å². The average molecular weight is 217 g/mol. The Bertz CT molecular complexity index is 549. The summed E-state index contributed by atoms with van der Waals surface area (Å²) < 4.78 is 3.22. The van der Waals surface area contributed by atoms with Gasteiger partial charge in [-0.2, -0.15) is 0 Å². The second-order valence-electron chi connectivity index (χ2n) is 4.54. The maximum Gasteiger partial charge on any atom is 0.350 e. The van der Waals surface area contributed by atoms with Gasteiger partial charge in [0.25, 0.3) is 0 Å². The Morgan fingerprint density at radius 3 is 2.88 bits per heavy atom. The Kier molecular flexibility index (Phi) is 2.27. The Labute approximate surface area is 93.5 Å². The first-order chi connectivity index (χ1) is 7.84. The first-order valence-electron chi connectivity index (χ1n) is 5.89. The van der Waals surface area contributed by atoms with Crippen molar-refractivity contribution in [3.8, 4) is 0 Å². The lowest BCUT2D eigenvalue weighted by molar-refractivity contribution is 0.420. The van der Waals surface area contributed by atoms with Crippen LogP contribution in [-0.2, 0) is 6.54 Å². The predicted octanol–water partition coefficient (Wildman–Crippen LogP) is 1.69. The second-order valence-corrected chi connectivity index (χ2v) is 4.54. The molecule has 1 fully saturated rings. The van der Waals surface area contributed by atoms with Gasteiger partial charge in [0.2, 0.25) is 0 Å². The van der Waals surface area contributed by atoms with E-state index in [0.29, 0.717) is 5.92 Å². The van der Waals surface area contributed by atoms with Gasteiger partial charge in [0.05, 0.1) is 0 Å². The molecule has 16 heavy (non-hydrogen) atoms. The molecule has 0 bridgehead atoms. The zero-order valence-electron chi connectivity index (χ0n) is 9.17. The number of nitrogens with zero attached hydrogens (tertiary/aromatic N) is 3. The number of hydrogen-bond acceptors (Lipinski definition) is 2. The molecule has 2 aromatic heterocycles. The van der Waals surface area contributed by atoms with Crippen LogP contribution in [0.1, 0.15) is 25.7 Å². The highest BCUT2D eigenvalue weighted by molar-refractivity contribution is 5.35. The Hall–Kier alpha value is -1.58. The second kappa shape index (κ2) is 3.77. The van der Waals surface area contributed by atoms with E-state index in [-0.39, 0.29) is 5.69 Å². The van der Waals surface area contributed by atoms with Gasteiger partial charge < -0.3 is 0 Å². The van der Waals surface area contributed by atoms with E-state index in [1.165, 1.54) is 25.7 Å². The van der Waals surface area contributed by atoms with Gasteiger partial charge in [-0.3, -0.25) is 4.40 Å². The van der Waals surface area contributed by atoms with Gasteiger partial charge in [0.15, 0.2) is 5.65 Å². The highest BCUT2D eigenvalue weighted by Gasteiger charge is 2.17. The Balaban J connectivity index is 1.97. The van der Waals surface area contributed by atoms with Gasteiger partial charge in [-0.05, 0) is 30.9 Å². The minimum Gasteiger partial charge on any atom is -0.250 e. The van der Waals surface area contributed by atoms with Crippen molar-refractivity contribution in [3.05, 3.63) is 34.9 Å². The van der Waals surface area contributed by atoms with E-state index in [4.69, 9.17) is 0 Å². The Morgan fingerprint density at radius 1 is 1.31 bits per heavy atom. The SMILES string of the molecule is O=c1n(CC2CCCC2)nc2ccccn12. The molecular weight excluding hydrogens is 202 g/mol. The number of hydrogen-bond donors (Lipinski definition) is 0. The zero-order chi connectivity index (χ0) is 11.0. The van der Waals surface area contributed by atoms with Crippen LogP contribution in [0.3, 0.4) is 0 Å². The molecule has 1 saturated carbocycles. The smallest absolute Gasteiger partial charge is 0.250 e. The number of aromatic nitrogens is 3. The number of fused-ring (bicyclic) bond motifs is 1. The molecule has 84 valence electrons. The standard InChI is InChI=1S/C12H15N3O/c16-12-14-8-4-3-7-11(14)13-15(12)9-10-5-1-2-6-10/h3-4,7-8,10H,1-2,5-6,9H2. The summed E-state index contributed by atoms with van der Waals surface area (Å²) >= 11 is 0. The minimum absolute atomic E-state index is 0.0116. The third-order valence-corrected chi connectivity index (χ3v) is 3.39. The molecule has 4 nitrogen and oxygen atoms in total. The van der Waals surface area contributed by atoms with E-state index in [0.717, 1.165) is 12.2 Å². The van der Waals surface area contributed by atoms with Crippen molar-refractivity contribution in [2.24, 2.45) is 5.92 Å². The van der Waals surface area contributed by atoms with Crippen molar-refractivity contribution in [2.45, 2.75) is 32.2 Å². The highest BCUT2D eigenvalue weighted by Crippen LogP contribution is 2.25. The fourth-order valence-corrected chi connectivity index (χ4v) is 2.52. The summed E-state index contributed by atoms with van der Waals surface area (Å²) in [7, 11) is 0. The van der Waals surface area contributed by atoms with Crippen molar-refractivity contribution in [3.63, 3.8) is 0 Å². The molecule has 0 spiro atoms. The van der Waals surface area contributed by atoms with Gasteiger partial charge >= 0.3 is 5.69 Å². The molecular formula is C12H15N3O. The fourth-order valence-electron chi connectivity index (χ4n) is 2.52. The largest absolute Gasteiger partial charge is 0.350 e. The average Bonchev–Trinajstić information content (AvgIpc) is 2.90. The fraction of sp³-hybridized carbons (Fsp3) is 0.500. The zero-order valence-corrected chi connectivity index (χ0v) is 9.17. The summed E-state index contributed by atoms with van der Waals surface area (Å²) in [6.45, 7) is 0.778. The van der Waals surface area contributed by atoms with Crippen LogP contribution in [0.25, 0.3) is 5.65 Å². The molecule has 0 radical (unpaired) electrons. The van der Waals surface area contributed by atoms with E-state index in [2.05, 4.69) is 5.10 Å². The molecule has 1 aliphatic rings. The molecule has 0 unspecified atom stereocenters.